The van der Waals surface area contributed by atoms with E-state index in [1.165, 1.54) is 6.42 Å². The van der Waals surface area contributed by atoms with Crippen LogP contribution in [0.15, 0.2) is 12.1 Å². The second kappa shape index (κ2) is 5.79. The Kier molecular flexibility index (Phi) is 4.28. The van der Waals surface area contributed by atoms with Gasteiger partial charge in [0.15, 0.2) is 0 Å². The van der Waals surface area contributed by atoms with Crippen LogP contribution in [0.4, 0.5) is 5.82 Å². The molecule has 0 atom stereocenters. The summed E-state index contributed by atoms with van der Waals surface area (Å²) in [5.74, 6) is 5.99. The first-order valence-electron chi connectivity index (χ1n) is 7.16. The molecule has 2 rings (SSSR count). The first kappa shape index (κ1) is 14.8. The lowest BCUT2D eigenvalue weighted by atomic mass is 9.85. The standard InChI is InChI=1S/C15H24N4O/c1-11-9-12(10-13(17-11)18-16)14(20)19-7-4-5-15(2,3)6-8-19/h9-10H,4-8,16H2,1-3H3,(H,17,18). The van der Waals surface area contributed by atoms with Gasteiger partial charge in [0.25, 0.3) is 5.91 Å². The normalized spacial score (nSPS) is 18.5. The highest BCUT2D eigenvalue weighted by Crippen LogP contribution is 2.30. The Bertz CT molecular complexity index is 499. The summed E-state index contributed by atoms with van der Waals surface area (Å²) in [5.41, 5.74) is 4.28. The highest BCUT2D eigenvalue weighted by molar-refractivity contribution is 5.95. The summed E-state index contributed by atoms with van der Waals surface area (Å²) in [6, 6.07) is 3.53. The van der Waals surface area contributed by atoms with Crippen molar-refractivity contribution >= 4 is 11.7 Å². The zero-order valence-electron chi connectivity index (χ0n) is 12.6. The molecule has 3 N–H and O–H groups in total. The van der Waals surface area contributed by atoms with E-state index in [1.807, 2.05) is 17.9 Å². The average Bonchev–Trinajstić information content (AvgIpc) is 2.58. The van der Waals surface area contributed by atoms with Crippen LogP contribution in [0.5, 0.6) is 0 Å². The summed E-state index contributed by atoms with van der Waals surface area (Å²) in [5, 5.41) is 0. The lowest BCUT2D eigenvalue weighted by Crippen LogP contribution is -2.32. The van der Waals surface area contributed by atoms with Gasteiger partial charge < -0.3 is 10.3 Å². The molecule has 0 saturated carbocycles. The molecule has 2 heterocycles. The fourth-order valence-electron chi connectivity index (χ4n) is 2.67. The number of amides is 1. The van der Waals surface area contributed by atoms with E-state index in [1.54, 1.807) is 6.07 Å². The molecule has 5 nitrogen and oxygen atoms in total. The first-order chi connectivity index (χ1) is 9.41. The molecule has 110 valence electrons. The van der Waals surface area contributed by atoms with E-state index in [9.17, 15) is 4.79 Å². The number of nitrogens with one attached hydrogen (secondary N) is 1. The van der Waals surface area contributed by atoms with Crippen molar-refractivity contribution in [1.29, 1.82) is 0 Å². The van der Waals surface area contributed by atoms with Crippen LogP contribution < -0.4 is 11.3 Å². The number of carbonyl (C=O) groups is 1. The summed E-state index contributed by atoms with van der Waals surface area (Å²) in [7, 11) is 0. The van der Waals surface area contributed by atoms with Gasteiger partial charge in [0.05, 0.1) is 0 Å². The Morgan fingerprint density at radius 2 is 2.10 bits per heavy atom. The van der Waals surface area contributed by atoms with Gasteiger partial charge in [-0.25, -0.2) is 10.8 Å². The Morgan fingerprint density at radius 1 is 1.35 bits per heavy atom. The van der Waals surface area contributed by atoms with E-state index >= 15 is 0 Å². The molecule has 0 radical (unpaired) electrons. The second-order valence-electron chi connectivity index (χ2n) is 6.34. The summed E-state index contributed by atoms with van der Waals surface area (Å²) in [6.07, 6.45) is 3.28. The lowest BCUT2D eigenvalue weighted by molar-refractivity contribution is 0.0757. The van der Waals surface area contributed by atoms with Crippen LogP contribution in [-0.2, 0) is 0 Å². The molecule has 20 heavy (non-hydrogen) atoms. The molecule has 1 amide bonds. The third-order valence-electron chi connectivity index (χ3n) is 3.98. The minimum absolute atomic E-state index is 0.0738. The maximum Gasteiger partial charge on any atom is 0.254 e. The molecular formula is C15H24N4O. The van der Waals surface area contributed by atoms with Gasteiger partial charge in [-0.15, -0.1) is 0 Å². The van der Waals surface area contributed by atoms with E-state index in [0.29, 0.717) is 16.8 Å². The van der Waals surface area contributed by atoms with Crippen LogP contribution in [0, 0.1) is 12.3 Å². The number of aromatic nitrogens is 1. The van der Waals surface area contributed by atoms with Crippen molar-refractivity contribution in [2.45, 2.75) is 40.0 Å². The van der Waals surface area contributed by atoms with Gasteiger partial charge in [0, 0.05) is 24.3 Å². The molecule has 1 aromatic heterocycles. The van der Waals surface area contributed by atoms with Crippen molar-refractivity contribution in [2.75, 3.05) is 18.5 Å². The van der Waals surface area contributed by atoms with Crippen LogP contribution in [0.3, 0.4) is 0 Å². The van der Waals surface area contributed by atoms with Gasteiger partial charge in [-0.3, -0.25) is 4.79 Å². The predicted molar refractivity (Wildman–Crippen MR) is 80.3 cm³/mol. The number of likely N-dealkylation sites (tertiary alicyclic amines) is 1. The minimum atomic E-state index is 0.0738. The molecule has 1 fully saturated rings. The second-order valence-corrected chi connectivity index (χ2v) is 6.34. The van der Waals surface area contributed by atoms with Crippen LogP contribution in [0.1, 0.15) is 49.2 Å². The molecule has 1 aliphatic rings. The number of rotatable bonds is 2. The van der Waals surface area contributed by atoms with E-state index in [0.717, 1.165) is 31.6 Å². The van der Waals surface area contributed by atoms with E-state index in [-0.39, 0.29) is 5.91 Å². The van der Waals surface area contributed by atoms with Crippen LogP contribution in [0.2, 0.25) is 0 Å². The number of hydrogen-bond donors (Lipinski definition) is 2. The van der Waals surface area contributed by atoms with Crippen LogP contribution >= 0.6 is 0 Å². The largest absolute Gasteiger partial charge is 0.339 e. The molecular weight excluding hydrogens is 252 g/mol. The number of nitrogens with zero attached hydrogens (tertiary/aromatic N) is 2. The minimum Gasteiger partial charge on any atom is -0.339 e. The molecule has 0 bridgehead atoms. The molecule has 0 aliphatic carbocycles. The maximum atomic E-state index is 12.6. The fraction of sp³-hybridized carbons (Fsp3) is 0.600. The molecule has 0 spiro atoms. The lowest BCUT2D eigenvalue weighted by Gasteiger charge is -2.23. The van der Waals surface area contributed by atoms with Crippen molar-refractivity contribution in [2.24, 2.45) is 11.3 Å². The van der Waals surface area contributed by atoms with Gasteiger partial charge in [0.2, 0.25) is 0 Å². The van der Waals surface area contributed by atoms with Crippen molar-refractivity contribution < 1.29 is 4.79 Å². The Morgan fingerprint density at radius 3 is 2.80 bits per heavy atom. The van der Waals surface area contributed by atoms with Crippen molar-refractivity contribution in [3.8, 4) is 0 Å². The molecule has 1 aliphatic heterocycles. The summed E-state index contributed by atoms with van der Waals surface area (Å²) in [4.78, 5) is 18.8. The van der Waals surface area contributed by atoms with Gasteiger partial charge in [-0.2, -0.15) is 0 Å². The molecule has 1 aromatic rings. The number of carbonyl (C=O) groups excluding carboxylic acids is 1. The molecule has 5 heteroatoms. The highest BCUT2D eigenvalue weighted by atomic mass is 16.2. The highest BCUT2D eigenvalue weighted by Gasteiger charge is 2.26. The van der Waals surface area contributed by atoms with Crippen LogP contribution in [0.25, 0.3) is 0 Å². The summed E-state index contributed by atoms with van der Waals surface area (Å²) >= 11 is 0. The number of pyridine rings is 1. The van der Waals surface area contributed by atoms with Gasteiger partial charge >= 0.3 is 0 Å². The Balaban J connectivity index is 2.16. The van der Waals surface area contributed by atoms with Gasteiger partial charge in [-0.1, -0.05) is 13.8 Å². The SMILES string of the molecule is Cc1cc(C(=O)N2CCCC(C)(C)CC2)cc(NN)n1. The number of nitrogens with two attached hydrogens (primary N) is 1. The van der Waals surface area contributed by atoms with E-state index < -0.39 is 0 Å². The zero-order valence-corrected chi connectivity index (χ0v) is 12.6. The smallest absolute Gasteiger partial charge is 0.254 e. The van der Waals surface area contributed by atoms with Crippen LogP contribution in [-0.4, -0.2) is 28.9 Å². The average molecular weight is 276 g/mol. The van der Waals surface area contributed by atoms with Crippen molar-refractivity contribution in [3.05, 3.63) is 23.4 Å². The molecule has 1 saturated heterocycles. The van der Waals surface area contributed by atoms with E-state index in [2.05, 4.69) is 24.3 Å². The summed E-state index contributed by atoms with van der Waals surface area (Å²) < 4.78 is 0. The van der Waals surface area contributed by atoms with E-state index in [4.69, 9.17) is 5.84 Å². The van der Waals surface area contributed by atoms with Gasteiger partial charge in [-0.05, 0) is 43.7 Å². The maximum absolute atomic E-state index is 12.6. The number of anilines is 1. The van der Waals surface area contributed by atoms with Crippen molar-refractivity contribution in [3.63, 3.8) is 0 Å². The Labute approximate surface area is 120 Å². The topological polar surface area (TPSA) is 71.2 Å². The number of hydrogen-bond acceptors (Lipinski definition) is 4. The number of aryl methyl sites for hydroxylation is 1. The van der Waals surface area contributed by atoms with Gasteiger partial charge in [0.1, 0.15) is 5.82 Å². The molecule has 0 aromatic carbocycles. The third kappa shape index (κ3) is 3.48. The predicted octanol–water partition coefficient (Wildman–Crippen LogP) is 2.33. The fourth-order valence-corrected chi connectivity index (χ4v) is 2.67. The molecule has 0 unspecified atom stereocenters. The summed E-state index contributed by atoms with van der Waals surface area (Å²) in [6.45, 7) is 8.05. The Hall–Kier alpha value is -1.62. The van der Waals surface area contributed by atoms with Crippen molar-refractivity contribution in [1.82, 2.24) is 9.88 Å². The number of hydrazine groups is 1. The third-order valence-corrected chi connectivity index (χ3v) is 3.98. The monoisotopic (exact) mass is 276 g/mol. The number of nitrogen functional groups attached to an aromatic ring is 1. The zero-order chi connectivity index (χ0) is 14.8. The first-order valence-corrected chi connectivity index (χ1v) is 7.16. The quantitative estimate of drug-likeness (QED) is 0.642.